The van der Waals surface area contributed by atoms with Crippen molar-refractivity contribution >= 4 is 0 Å². The lowest BCUT2D eigenvalue weighted by atomic mass is 10.1. The van der Waals surface area contributed by atoms with Crippen molar-refractivity contribution in [3.05, 3.63) is 36.5 Å². The van der Waals surface area contributed by atoms with Gasteiger partial charge in [-0.15, -0.1) is 0 Å². The first-order valence-electron chi connectivity index (χ1n) is 3.77. The molecule has 1 aromatic rings. The van der Waals surface area contributed by atoms with Gasteiger partial charge in [0.1, 0.15) is 5.69 Å². The summed E-state index contributed by atoms with van der Waals surface area (Å²) in [6, 6.07) is 2.37. The lowest BCUT2D eigenvalue weighted by molar-refractivity contribution is -0.141. The summed E-state index contributed by atoms with van der Waals surface area (Å²) in [6.45, 7) is 5.48. The number of halogens is 3. The molecule has 0 aliphatic rings. The van der Waals surface area contributed by atoms with Crippen LogP contribution in [0.25, 0.3) is 0 Å². The average molecular weight is 188 g/mol. The molecule has 13 heavy (non-hydrogen) atoms. The summed E-state index contributed by atoms with van der Waals surface area (Å²) in [7, 11) is 0. The summed E-state index contributed by atoms with van der Waals surface area (Å²) in [5.41, 5.74) is -0.162. The van der Waals surface area contributed by atoms with Crippen molar-refractivity contribution in [1.82, 2.24) is 4.98 Å². The van der Waals surface area contributed by atoms with Crippen LogP contribution in [0.3, 0.4) is 0 Å². The molecule has 0 aliphatic carbocycles. The molecule has 0 saturated heterocycles. The highest BCUT2D eigenvalue weighted by atomic mass is 19.4. The van der Waals surface area contributed by atoms with E-state index >= 15 is 0 Å². The molecular formula is C9H9F3N. The van der Waals surface area contributed by atoms with Crippen LogP contribution in [0.5, 0.6) is 0 Å². The minimum atomic E-state index is -4.36. The number of nitrogens with zero attached hydrogens (tertiary/aromatic N) is 1. The Balaban J connectivity index is 2.94. The van der Waals surface area contributed by atoms with E-state index in [0.717, 1.165) is 6.07 Å². The van der Waals surface area contributed by atoms with E-state index in [-0.39, 0.29) is 5.92 Å². The molecule has 0 bridgehead atoms. The van der Waals surface area contributed by atoms with Gasteiger partial charge in [-0.25, -0.2) is 0 Å². The van der Waals surface area contributed by atoms with E-state index in [1.54, 1.807) is 6.92 Å². The molecule has 0 saturated carbocycles. The fourth-order valence-corrected chi connectivity index (χ4v) is 0.864. The molecule has 0 aromatic carbocycles. The highest BCUT2D eigenvalue weighted by Crippen LogP contribution is 2.27. The Hall–Kier alpha value is -1.06. The number of hydrogen-bond acceptors (Lipinski definition) is 1. The zero-order chi connectivity index (χ0) is 10.1. The van der Waals surface area contributed by atoms with E-state index in [1.807, 2.05) is 0 Å². The van der Waals surface area contributed by atoms with Crippen LogP contribution >= 0.6 is 0 Å². The monoisotopic (exact) mass is 188 g/mol. The maximum atomic E-state index is 12.0. The minimum absolute atomic E-state index is 0.0465. The van der Waals surface area contributed by atoms with Gasteiger partial charge >= 0.3 is 6.18 Å². The molecule has 1 rings (SSSR count). The molecule has 1 radical (unpaired) electrons. The van der Waals surface area contributed by atoms with Crippen LogP contribution in [-0.2, 0) is 6.18 Å². The number of hydrogen-bond donors (Lipinski definition) is 0. The average Bonchev–Trinajstić information content (AvgIpc) is 2.03. The number of aromatic nitrogens is 1. The predicted molar refractivity (Wildman–Crippen MR) is 43.0 cm³/mol. The molecule has 0 aliphatic heterocycles. The van der Waals surface area contributed by atoms with Gasteiger partial charge in [0.15, 0.2) is 0 Å². The van der Waals surface area contributed by atoms with Crippen LogP contribution in [0.15, 0.2) is 18.3 Å². The number of alkyl halides is 3. The Morgan fingerprint density at radius 1 is 1.38 bits per heavy atom. The van der Waals surface area contributed by atoms with Gasteiger partial charge in [0.05, 0.1) is 0 Å². The largest absolute Gasteiger partial charge is 0.433 e. The van der Waals surface area contributed by atoms with Crippen molar-refractivity contribution in [2.45, 2.75) is 19.0 Å². The van der Waals surface area contributed by atoms with E-state index in [0.29, 0.717) is 5.56 Å². The van der Waals surface area contributed by atoms with E-state index in [2.05, 4.69) is 11.9 Å². The lowest BCUT2D eigenvalue weighted by Gasteiger charge is -2.07. The lowest BCUT2D eigenvalue weighted by Crippen LogP contribution is -2.07. The van der Waals surface area contributed by atoms with Crippen LogP contribution in [0.4, 0.5) is 13.2 Å². The van der Waals surface area contributed by atoms with Crippen LogP contribution in [-0.4, -0.2) is 4.98 Å². The van der Waals surface area contributed by atoms with Crippen molar-refractivity contribution in [3.63, 3.8) is 0 Å². The van der Waals surface area contributed by atoms with Crippen molar-refractivity contribution in [2.24, 2.45) is 0 Å². The normalized spacial score (nSPS) is 12.2. The third-order valence-electron chi connectivity index (χ3n) is 1.65. The summed E-state index contributed by atoms with van der Waals surface area (Å²) in [5, 5.41) is 0. The van der Waals surface area contributed by atoms with E-state index in [9.17, 15) is 13.2 Å². The third kappa shape index (κ3) is 2.44. The number of rotatable bonds is 1. The SMILES string of the molecule is [CH2][C@H](C)c1ccc(C(F)(F)F)nc1. The molecule has 0 N–H and O–H groups in total. The first-order valence-corrected chi connectivity index (χ1v) is 3.77. The second kappa shape index (κ2) is 3.36. The molecule has 1 nitrogen and oxygen atoms in total. The Morgan fingerprint density at radius 3 is 2.31 bits per heavy atom. The molecular weight excluding hydrogens is 179 g/mol. The molecule has 0 unspecified atom stereocenters. The van der Waals surface area contributed by atoms with Gasteiger partial charge in [-0.05, 0) is 24.5 Å². The molecule has 4 heteroatoms. The fraction of sp³-hybridized carbons (Fsp3) is 0.333. The molecule has 71 valence electrons. The summed E-state index contributed by atoms with van der Waals surface area (Å²) in [5.74, 6) is -0.0465. The third-order valence-corrected chi connectivity index (χ3v) is 1.65. The topological polar surface area (TPSA) is 12.9 Å². The zero-order valence-corrected chi connectivity index (χ0v) is 7.10. The Bertz CT molecular complexity index is 274. The zero-order valence-electron chi connectivity index (χ0n) is 7.10. The summed E-state index contributed by atoms with van der Waals surface area (Å²) < 4.78 is 36.1. The van der Waals surface area contributed by atoms with E-state index in [1.165, 1.54) is 12.3 Å². The predicted octanol–water partition coefficient (Wildman–Crippen LogP) is 3.04. The van der Waals surface area contributed by atoms with E-state index < -0.39 is 11.9 Å². The maximum absolute atomic E-state index is 12.0. The van der Waals surface area contributed by atoms with Gasteiger partial charge in [-0.3, -0.25) is 4.98 Å². The van der Waals surface area contributed by atoms with Gasteiger partial charge in [0.25, 0.3) is 0 Å². The van der Waals surface area contributed by atoms with Crippen LogP contribution in [0.2, 0.25) is 0 Å². The van der Waals surface area contributed by atoms with Crippen LogP contribution < -0.4 is 0 Å². The van der Waals surface area contributed by atoms with Gasteiger partial charge in [-0.1, -0.05) is 13.0 Å². The van der Waals surface area contributed by atoms with Crippen molar-refractivity contribution < 1.29 is 13.2 Å². The Labute approximate surface area is 74.6 Å². The molecule has 0 amide bonds. The second-order valence-corrected chi connectivity index (χ2v) is 2.88. The maximum Gasteiger partial charge on any atom is 0.433 e. The Morgan fingerprint density at radius 2 is 2.00 bits per heavy atom. The van der Waals surface area contributed by atoms with Gasteiger partial charge < -0.3 is 0 Å². The van der Waals surface area contributed by atoms with E-state index in [4.69, 9.17) is 0 Å². The summed E-state index contributed by atoms with van der Waals surface area (Å²) >= 11 is 0. The smallest absolute Gasteiger partial charge is 0.251 e. The molecule has 0 fully saturated rings. The van der Waals surface area contributed by atoms with Gasteiger partial charge in [0, 0.05) is 6.20 Å². The van der Waals surface area contributed by atoms with Gasteiger partial charge in [-0.2, -0.15) is 13.2 Å². The summed E-state index contributed by atoms with van der Waals surface area (Å²) in [6.07, 6.45) is -3.15. The molecule has 1 atom stereocenters. The minimum Gasteiger partial charge on any atom is -0.251 e. The number of pyridine rings is 1. The van der Waals surface area contributed by atoms with Crippen molar-refractivity contribution in [1.29, 1.82) is 0 Å². The standard InChI is InChI=1S/C9H9F3N/c1-6(2)7-3-4-8(13-5-7)9(10,11)12/h3-6H,1H2,2H3/t6-/m1/s1. The first kappa shape index (κ1) is 10.0. The fourth-order valence-electron chi connectivity index (χ4n) is 0.864. The Kier molecular flexibility index (Phi) is 2.59. The van der Waals surface area contributed by atoms with Crippen molar-refractivity contribution in [3.8, 4) is 0 Å². The van der Waals surface area contributed by atoms with Crippen LogP contribution in [0.1, 0.15) is 24.1 Å². The molecule has 1 aromatic heterocycles. The summed E-state index contributed by atoms with van der Waals surface area (Å²) in [4.78, 5) is 3.31. The molecule has 0 spiro atoms. The molecule has 1 heterocycles. The van der Waals surface area contributed by atoms with Gasteiger partial charge in [0.2, 0.25) is 0 Å². The first-order chi connectivity index (χ1) is 5.91. The van der Waals surface area contributed by atoms with Crippen LogP contribution in [0, 0.1) is 6.92 Å². The second-order valence-electron chi connectivity index (χ2n) is 2.88. The highest BCUT2D eigenvalue weighted by molar-refractivity contribution is 5.19. The quantitative estimate of drug-likeness (QED) is 0.660. The highest BCUT2D eigenvalue weighted by Gasteiger charge is 2.31. The van der Waals surface area contributed by atoms with Crippen molar-refractivity contribution in [2.75, 3.05) is 0 Å².